The summed E-state index contributed by atoms with van der Waals surface area (Å²) < 4.78 is 0. The van der Waals surface area contributed by atoms with Crippen molar-refractivity contribution >= 4 is 22.1 Å². The van der Waals surface area contributed by atoms with Gasteiger partial charge in [0.15, 0.2) is 11.5 Å². The van der Waals surface area contributed by atoms with E-state index in [1.807, 2.05) is 24.5 Å². The number of hydrogen-bond acceptors (Lipinski definition) is 5. The highest BCUT2D eigenvalue weighted by Crippen LogP contribution is 2.32. The van der Waals surface area contributed by atoms with Crippen molar-refractivity contribution in [1.82, 2.24) is 35.0 Å². The molecule has 38 heavy (non-hydrogen) atoms. The molecule has 6 aromatic rings. The van der Waals surface area contributed by atoms with Crippen molar-refractivity contribution in [3.05, 3.63) is 84.2 Å². The van der Waals surface area contributed by atoms with Crippen molar-refractivity contribution in [1.29, 1.82) is 0 Å². The molecule has 0 amide bonds. The molecule has 0 aliphatic carbocycles. The Morgan fingerprint density at radius 2 is 1.71 bits per heavy atom. The molecule has 0 radical (unpaired) electrons. The van der Waals surface area contributed by atoms with Crippen LogP contribution in [0.1, 0.15) is 30.4 Å². The molecule has 7 nitrogen and oxygen atoms in total. The van der Waals surface area contributed by atoms with Gasteiger partial charge in [-0.3, -0.25) is 15.0 Å². The summed E-state index contributed by atoms with van der Waals surface area (Å²) in [6.45, 7) is 5.37. The van der Waals surface area contributed by atoms with Gasteiger partial charge in [-0.15, -0.1) is 0 Å². The van der Waals surface area contributed by atoms with E-state index in [0.29, 0.717) is 11.5 Å². The van der Waals surface area contributed by atoms with Crippen LogP contribution in [0.5, 0.6) is 0 Å². The number of imidazole rings is 1. The minimum absolute atomic E-state index is 0.702. The number of hydrogen-bond donors (Lipinski definition) is 2. The van der Waals surface area contributed by atoms with E-state index in [9.17, 15) is 0 Å². The third-order valence-electron chi connectivity index (χ3n) is 7.42. The van der Waals surface area contributed by atoms with Gasteiger partial charge >= 0.3 is 0 Å². The molecule has 188 valence electrons. The third-order valence-corrected chi connectivity index (χ3v) is 7.42. The molecule has 1 fully saturated rings. The number of fused-ring (bicyclic) bond motifs is 2. The third kappa shape index (κ3) is 4.25. The van der Waals surface area contributed by atoms with Crippen LogP contribution in [0.3, 0.4) is 0 Å². The predicted octanol–water partition coefficient (Wildman–Crippen LogP) is 6.52. The van der Waals surface area contributed by atoms with Crippen LogP contribution in [0, 0.1) is 6.92 Å². The topological polar surface area (TPSA) is 86.4 Å². The van der Waals surface area contributed by atoms with Crippen LogP contribution in [-0.4, -0.2) is 48.1 Å². The van der Waals surface area contributed by atoms with Crippen molar-refractivity contribution in [3.8, 4) is 33.9 Å². The maximum absolute atomic E-state index is 5.02. The molecule has 0 bridgehead atoms. The second-order valence-corrected chi connectivity index (χ2v) is 10.2. The lowest BCUT2D eigenvalue weighted by molar-refractivity contribution is 0.220. The Bertz CT molecular complexity index is 1760. The van der Waals surface area contributed by atoms with Crippen molar-refractivity contribution in [2.45, 2.75) is 32.7 Å². The number of aromatic nitrogens is 6. The molecule has 4 aromatic heterocycles. The van der Waals surface area contributed by atoms with Crippen LogP contribution in [0.2, 0.25) is 0 Å². The number of nitrogens with zero attached hydrogens (tertiary/aromatic N) is 5. The molecule has 1 aliphatic heterocycles. The van der Waals surface area contributed by atoms with Gasteiger partial charge < -0.3 is 4.98 Å². The van der Waals surface area contributed by atoms with Crippen molar-refractivity contribution < 1.29 is 0 Å². The number of para-hydroxylation sites is 1. The first-order valence-electron chi connectivity index (χ1n) is 13.3. The summed E-state index contributed by atoms with van der Waals surface area (Å²) in [5.74, 6) is 0.702. The molecule has 1 saturated heterocycles. The summed E-state index contributed by atoms with van der Waals surface area (Å²) in [6, 6.07) is 21.0. The van der Waals surface area contributed by atoms with Gasteiger partial charge in [0.05, 0.1) is 22.2 Å². The Balaban J connectivity index is 1.26. The molecule has 0 atom stereocenters. The highest BCUT2D eigenvalue weighted by atomic mass is 15.2. The number of pyridine rings is 2. The minimum atomic E-state index is 0.702. The Morgan fingerprint density at radius 3 is 2.61 bits per heavy atom. The molecule has 0 unspecified atom stereocenters. The van der Waals surface area contributed by atoms with E-state index in [4.69, 9.17) is 9.97 Å². The standard InChI is InChI=1S/C31H29N7/c1-20-7-5-8-22(15-20)24-9-6-10-26-28(24)35-31(34-26)30-29-27(36-37-30)12-11-25(33-29)23-16-21(17-32-18-23)19-38-13-3-2-4-14-38/h5-12,15-18H,2-4,13-14,19H2,1H3,(H,34,35)(H,36,37). The number of rotatable bonds is 5. The summed E-state index contributed by atoms with van der Waals surface area (Å²) in [7, 11) is 0. The van der Waals surface area contributed by atoms with Crippen molar-refractivity contribution in [3.63, 3.8) is 0 Å². The summed E-state index contributed by atoms with van der Waals surface area (Å²) in [6.07, 6.45) is 7.76. The highest BCUT2D eigenvalue weighted by molar-refractivity contribution is 5.96. The van der Waals surface area contributed by atoms with E-state index in [0.717, 1.165) is 64.1 Å². The van der Waals surface area contributed by atoms with E-state index < -0.39 is 0 Å². The van der Waals surface area contributed by atoms with Gasteiger partial charge in [-0.05, 0) is 68.2 Å². The lowest BCUT2D eigenvalue weighted by Crippen LogP contribution is -2.29. The summed E-state index contributed by atoms with van der Waals surface area (Å²) in [5, 5.41) is 7.74. The quantitative estimate of drug-likeness (QED) is 0.282. The molecule has 2 aromatic carbocycles. The van der Waals surface area contributed by atoms with Gasteiger partial charge in [0.1, 0.15) is 5.52 Å². The van der Waals surface area contributed by atoms with Crippen LogP contribution < -0.4 is 0 Å². The lowest BCUT2D eigenvalue weighted by Gasteiger charge is -2.26. The van der Waals surface area contributed by atoms with Crippen LogP contribution in [0.4, 0.5) is 0 Å². The second kappa shape index (κ2) is 9.50. The normalized spacial score (nSPS) is 14.4. The Morgan fingerprint density at radius 1 is 0.816 bits per heavy atom. The first-order chi connectivity index (χ1) is 18.7. The number of benzene rings is 2. The predicted molar refractivity (Wildman–Crippen MR) is 152 cm³/mol. The first-order valence-corrected chi connectivity index (χ1v) is 13.3. The van der Waals surface area contributed by atoms with Crippen molar-refractivity contribution in [2.75, 3.05) is 13.1 Å². The smallest absolute Gasteiger partial charge is 0.161 e. The van der Waals surface area contributed by atoms with Crippen molar-refractivity contribution in [2.24, 2.45) is 0 Å². The van der Waals surface area contributed by atoms with Gasteiger partial charge in [0.2, 0.25) is 0 Å². The van der Waals surface area contributed by atoms with Crippen LogP contribution in [0.15, 0.2) is 73.1 Å². The summed E-state index contributed by atoms with van der Waals surface area (Å²) in [4.78, 5) is 20.6. The van der Waals surface area contributed by atoms with Gasteiger partial charge in [-0.1, -0.05) is 48.4 Å². The maximum atomic E-state index is 5.02. The van der Waals surface area contributed by atoms with E-state index >= 15 is 0 Å². The molecule has 2 N–H and O–H groups in total. The number of likely N-dealkylation sites (tertiary alicyclic amines) is 1. The largest absolute Gasteiger partial charge is 0.336 e. The highest BCUT2D eigenvalue weighted by Gasteiger charge is 2.17. The van der Waals surface area contributed by atoms with E-state index in [1.165, 1.54) is 30.4 Å². The zero-order chi connectivity index (χ0) is 25.5. The fraction of sp³-hybridized carbons (Fsp3) is 0.226. The van der Waals surface area contributed by atoms with Crippen LogP contribution >= 0.6 is 0 Å². The number of aryl methyl sites for hydroxylation is 1. The number of nitrogens with one attached hydrogen (secondary N) is 2. The molecular weight excluding hydrogens is 470 g/mol. The van der Waals surface area contributed by atoms with E-state index in [2.05, 4.69) is 80.5 Å². The molecule has 0 spiro atoms. The minimum Gasteiger partial charge on any atom is -0.336 e. The molecule has 0 saturated carbocycles. The Labute approximate surface area is 221 Å². The Hall–Kier alpha value is -4.36. The zero-order valence-corrected chi connectivity index (χ0v) is 21.4. The van der Waals surface area contributed by atoms with Gasteiger partial charge in [-0.25, -0.2) is 9.97 Å². The van der Waals surface area contributed by atoms with E-state index in [1.54, 1.807) is 0 Å². The fourth-order valence-electron chi connectivity index (χ4n) is 5.50. The van der Waals surface area contributed by atoms with Gasteiger partial charge in [-0.2, -0.15) is 5.10 Å². The zero-order valence-electron chi connectivity index (χ0n) is 21.4. The number of piperidine rings is 1. The SMILES string of the molecule is Cc1cccc(-c2cccc3[nH]c(-c4n[nH]c5ccc(-c6cncc(CN7CCCCC7)c6)nc45)nc23)c1. The molecule has 1 aliphatic rings. The second-order valence-electron chi connectivity index (χ2n) is 10.2. The maximum Gasteiger partial charge on any atom is 0.161 e. The average molecular weight is 500 g/mol. The van der Waals surface area contributed by atoms with Crippen LogP contribution in [0.25, 0.3) is 56.0 Å². The van der Waals surface area contributed by atoms with Crippen LogP contribution in [-0.2, 0) is 6.54 Å². The van der Waals surface area contributed by atoms with E-state index in [-0.39, 0.29) is 0 Å². The summed E-state index contributed by atoms with van der Waals surface area (Å²) in [5.41, 5.74) is 10.9. The van der Waals surface area contributed by atoms with Gasteiger partial charge in [0, 0.05) is 30.1 Å². The fourth-order valence-corrected chi connectivity index (χ4v) is 5.50. The lowest BCUT2D eigenvalue weighted by atomic mass is 10.0. The number of H-pyrrole nitrogens is 2. The Kier molecular flexibility index (Phi) is 5.70. The van der Waals surface area contributed by atoms with Gasteiger partial charge in [0.25, 0.3) is 0 Å². The molecule has 5 heterocycles. The molecule has 7 rings (SSSR count). The molecule has 7 heteroatoms. The number of aromatic amines is 2. The first kappa shape index (κ1) is 22.8. The molecular formula is C31H29N7. The monoisotopic (exact) mass is 499 g/mol. The summed E-state index contributed by atoms with van der Waals surface area (Å²) >= 11 is 0. The average Bonchev–Trinajstić information content (AvgIpc) is 3.57.